The van der Waals surface area contributed by atoms with Crippen molar-refractivity contribution in [2.24, 2.45) is 0 Å². The van der Waals surface area contributed by atoms with E-state index in [0.717, 1.165) is 103 Å². The summed E-state index contributed by atoms with van der Waals surface area (Å²) in [5.41, 5.74) is 0. The van der Waals surface area contributed by atoms with Gasteiger partial charge in [0.05, 0.1) is 0 Å². The Labute approximate surface area is 417 Å². The fourth-order valence-electron chi connectivity index (χ4n) is 6.91. The highest BCUT2D eigenvalue weighted by Crippen LogP contribution is 2.13. The molecule has 0 bridgehead atoms. The molecule has 1 unspecified atom stereocenters. The van der Waals surface area contributed by atoms with Crippen LogP contribution >= 0.6 is 0 Å². The number of unbranched alkanes of at least 4 members (excludes halogenated alkanes) is 18. The van der Waals surface area contributed by atoms with Crippen LogP contribution in [0, 0.1) is 0 Å². The molecule has 6 nitrogen and oxygen atoms in total. The van der Waals surface area contributed by atoms with Crippen LogP contribution < -0.4 is 0 Å². The molecule has 0 spiro atoms. The predicted molar refractivity (Wildman–Crippen MR) is 292 cm³/mol. The molecule has 0 aromatic heterocycles. The Bertz CT molecular complexity index is 1500. The van der Waals surface area contributed by atoms with Crippen LogP contribution in [0.25, 0.3) is 0 Å². The molecule has 0 saturated heterocycles. The molecule has 0 radical (unpaired) electrons. The molecule has 0 amide bonds. The highest BCUT2D eigenvalue weighted by Gasteiger charge is 2.19. The number of rotatable bonds is 47. The van der Waals surface area contributed by atoms with E-state index in [9.17, 15) is 14.4 Å². The van der Waals surface area contributed by atoms with Gasteiger partial charge in [-0.3, -0.25) is 14.4 Å². The van der Waals surface area contributed by atoms with E-state index in [4.69, 9.17) is 14.2 Å². The Balaban J connectivity index is 4.57. The molecule has 0 saturated carbocycles. The number of hydrogen-bond donors (Lipinski definition) is 0. The zero-order valence-corrected chi connectivity index (χ0v) is 43.6. The highest BCUT2D eigenvalue weighted by atomic mass is 16.6. The van der Waals surface area contributed by atoms with Crippen molar-refractivity contribution in [2.45, 2.75) is 226 Å². The third-order valence-corrected chi connectivity index (χ3v) is 11.0. The van der Waals surface area contributed by atoms with Gasteiger partial charge in [0.1, 0.15) is 13.2 Å². The summed E-state index contributed by atoms with van der Waals surface area (Å²) >= 11 is 0. The minimum Gasteiger partial charge on any atom is -0.462 e. The molecule has 1 atom stereocenters. The summed E-state index contributed by atoms with van der Waals surface area (Å²) in [5.74, 6) is -1.01. The van der Waals surface area contributed by atoms with Crippen LogP contribution in [0.15, 0.2) is 134 Å². The standard InChI is InChI=1S/C62H98O6/c1-4-7-10-13-16-19-22-25-28-30-32-34-37-40-43-46-49-52-55-61(64)67-58-59(57-66-60(63)54-51-48-45-42-39-36-33-27-24-21-18-15-12-9-6-3)68-62(65)56-53-50-47-44-41-38-35-31-29-26-23-20-17-14-11-8-5-2/h8,10-11,13,16-17,19-22,24-26,28-30,32,34-35,38,44,47,59H,4-7,9,12,14-15,18,23,27,31,33,36-37,39-43,45-46,48-58H2,1-3H3/b11-8-,13-10-,19-16-,20-17-,24-21-,25-22-,29-26-,30-28-,34-32-,38-35-,47-44-. The SMILES string of the molecule is CC/C=C\C/C=C\C/C=C\C/C=C\C/C=C\CCCC(=O)OC(COC(=O)CCCCCCC\C=C/C=C\C=C/C=C\C=C/CCC)COC(=O)CCCCCCCCC/C=C\CCCCCC. The molecular weight excluding hydrogens is 841 g/mol. The minimum atomic E-state index is -0.825. The first-order chi connectivity index (χ1) is 33.5. The third kappa shape index (κ3) is 52.5. The second-order valence-electron chi connectivity index (χ2n) is 17.5. The third-order valence-electron chi connectivity index (χ3n) is 11.0. The van der Waals surface area contributed by atoms with Crippen LogP contribution in [0.2, 0.25) is 0 Å². The van der Waals surface area contributed by atoms with Crippen molar-refractivity contribution in [3.63, 3.8) is 0 Å². The lowest BCUT2D eigenvalue weighted by Gasteiger charge is -2.18. The van der Waals surface area contributed by atoms with Gasteiger partial charge in [0.15, 0.2) is 6.10 Å². The van der Waals surface area contributed by atoms with Gasteiger partial charge in [-0.2, -0.15) is 0 Å². The number of carbonyl (C=O) groups is 3. The lowest BCUT2D eigenvalue weighted by atomic mass is 10.1. The Kier molecular flexibility index (Phi) is 51.5. The molecule has 0 aromatic carbocycles. The zero-order chi connectivity index (χ0) is 49.3. The second kappa shape index (κ2) is 55.1. The van der Waals surface area contributed by atoms with Crippen molar-refractivity contribution in [3.05, 3.63) is 134 Å². The van der Waals surface area contributed by atoms with Crippen LogP contribution in [0.1, 0.15) is 220 Å². The molecule has 0 aromatic rings. The average molecular weight is 939 g/mol. The van der Waals surface area contributed by atoms with Crippen molar-refractivity contribution >= 4 is 17.9 Å². The maximum Gasteiger partial charge on any atom is 0.306 e. The van der Waals surface area contributed by atoms with Gasteiger partial charge in [-0.1, -0.05) is 231 Å². The van der Waals surface area contributed by atoms with Gasteiger partial charge >= 0.3 is 17.9 Å². The van der Waals surface area contributed by atoms with Crippen LogP contribution in [0.5, 0.6) is 0 Å². The fourth-order valence-corrected chi connectivity index (χ4v) is 6.91. The molecule has 0 rings (SSSR count). The summed E-state index contributed by atoms with van der Waals surface area (Å²) in [6.45, 7) is 6.34. The first-order valence-corrected chi connectivity index (χ1v) is 27.3. The predicted octanol–water partition coefficient (Wildman–Crippen LogP) is 18.3. The minimum absolute atomic E-state index is 0.116. The van der Waals surface area contributed by atoms with Gasteiger partial charge in [0.2, 0.25) is 0 Å². The lowest BCUT2D eigenvalue weighted by Crippen LogP contribution is -2.30. The zero-order valence-electron chi connectivity index (χ0n) is 43.6. The molecular formula is C62H98O6. The van der Waals surface area contributed by atoms with Crippen molar-refractivity contribution in [1.82, 2.24) is 0 Å². The van der Waals surface area contributed by atoms with E-state index in [-0.39, 0.29) is 37.5 Å². The van der Waals surface area contributed by atoms with E-state index in [2.05, 4.69) is 118 Å². The smallest absolute Gasteiger partial charge is 0.306 e. The first-order valence-electron chi connectivity index (χ1n) is 27.3. The monoisotopic (exact) mass is 939 g/mol. The second-order valence-corrected chi connectivity index (χ2v) is 17.5. The normalized spacial score (nSPS) is 13.2. The number of esters is 3. The Hall–Kier alpha value is -4.45. The molecule has 68 heavy (non-hydrogen) atoms. The molecule has 0 aliphatic carbocycles. The number of allylic oxidation sites excluding steroid dienone is 22. The first kappa shape index (κ1) is 63.6. The van der Waals surface area contributed by atoms with E-state index in [1.807, 2.05) is 36.5 Å². The van der Waals surface area contributed by atoms with Gasteiger partial charge in [0.25, 0.3) is 0 Å². The molecule has 0 heterocycles. The number of hydrogen-bond acceptors (Lipinski definition) is 6. The van der Waals surface area contributed by atoms with Crippen molar-refractivity contribution in [3.8, 4) is 0 Å². The Morgan fingerprint density at radius 3 is 1.15 bits per heavy atom. The summed E-state index contributed by atoms with van der Waals surface area (Å²) in [6.07, 6.45) is 77.2. The topological polar surface area (TPSA) is 78.9 Å². The summed E-state index contributed by atoms with van der Waals surface area (Å²) < 4.78 is 16.8. The van der Waals surface area contributed by atoms with Crippen LogP contribution in [0.3, 0.4) is 0 Å². The van der Waals surface area contributed by atoms with Gasteiger partial charge in [-0.25, -0.2) is 0 Å². The molecule has 0 fully saturated rings. The fraction of sp³-hybridized carbons (Fsp3) is 0.597. The molecule has 6 heteroatoms. The van der Waals surface area contributed by atoms with Crippen LogP contribution in [-0.4, -0.2) is 37.2 Å². The summed E-state index contributed by atoms with van der Waals surface area (Å²) in [4.78, 5) is 38.1. The highest BCUT2D eigenvalue weighted by molar-refractivity contribution is 5.71. The van der Waals surface area contributed by atoms with Gasteiger partial charge in [-0.15, -0.1) is 0 Å². The number of ether oxygens (including phenoxy) is 3. The molecule has 0 aliphatic rings. The van der Waals surface area contributed by atoms with E-state index in [1.54, 1.807) is 0 Å². The van der Waals surface area contributed by atoms with E-state index < -0.39 is 6.10 Å². The number of carbonyl (C=O) groups excluding carboxylic acids is 3. The summed E-state index contributed by atoms with van der Waals surface area (Å²) in [7, 11) is 0. The largest absolute Gasteiger partial charge is 0.462 e. The molecule has 382 valence electrons. The Morgan fingerprint density at radius 2 is 0.676 bits per heavy atom. The quantitative estimate of drug-likeness (QED) is 0.0199. The van der Waals surface area contributed by atoms with Gasteiger partial charge in [0, 0.05) is 19.3 Å². The van der Waals surface area contributed by atoms with E-state index >= 15 is 0 Å². The Morgan fingerprint density at radius 1 is 0.324 bits per heavy atom. The van der Waals surface area contributed by atoms with Gasteiger partial charge in [-0.05, 0) is 103 Å². The maximum atomic E-state index is 12.8. The van der Waals surface area contributed by atoms with Crippen LogP contribution in [0.4, 0.5) is 0 Å². The molecule has 0 aliphatic heterocycles. The van der Waals surface area contributed by atoms with Crippen molar-refractivity contribution < 1.29 is 28.6 Å². The van der Waals surface area contributed by atoms with Crippen LogP contribution in [-0.2, 0) is 28.6 Å². The van der Waals surface area contributed by atoms with Crippen molar-refractivity contribution in [1.29, 1.82) is 0 Å². The summed E-state index contributed by atoms with van der Waals surface area (Å²) in [6, 6.07) is 0. The van der Waals surface area contributed by atoms with E-state index in [1.165, 1.54) is 70.6 Å². The van der Waals surface area contributed by atoms with Gasteiger partial charge < -0.3 is 14.2 Å². The summed E-state index contributed by atoms with van der Waals surface area (Å²) in [5, 5.41) is 0. The van der Waals surface area contributed by atoms with Crippen molar-refractivity contribution in [2.75, 3.05) is 13.2 Å². The average Bonchev–Trinajstić information content (AvgIpc) is 3.34. The maximum absolute atomic E-state index is 12.8. The lowest BCUT2D eigenvalue weighted by molar-refractivity contribution is -0.167. The molecule has 0 N–H and O–H groups in total. The van der Waals surface area contributed by atoms with E-state index in [0.29, 0.717) is 19.3 Å².